The van der Waals surface area contributed by atoms with E-state index in [9.17, 15) is 0 Å². The topological polar surface area (TPSA) is 47.6 Å². The third kappa shape index (κ3) is 9.70. The van der Waals surface area contributed by atoms with Crippen LogP contribution in [0.4, 0.5) is 0 Å². The van der Waals surface area contributed by atoms with Gasteiger partial charge in [0.1, 0.15) is 5.84 Å². The molecule has 0 aromatic rings. The highest BCUT2D eigenvalue weighted by Gasteiger charge is 2.10. The number of hydrogen-bond donors (Lipinski definition) is 1. The maximum Gasteiger partial charge on any atom is 0.104 e. The minimum absolute atomic E-state index is 0.251. The molecule has 0 fully saturated rings. The van der Waals surface area contributed by atoms with E-state index in [0.717, 1.165) is 5.75 Å². The van der Waals surface area contributed by atoms with E-state index in [1.807, 2.05) is 0 Å². The minimum atomic E-state index is 0.251. The van der Waals surface area contributed by atoms with Crippen LogP contribution >= 0.6 is 11.8 Å². The van der Waals surface area contributed by atoms with E-state index in [-0.39, 0.29) is 4.75 Å². The third-order valence-corrected chi connectivity index (χ3v) is 2.57. The molecule has 0 aliphatic rings. The molecule has 0 rings (SSSR count). The van der Waals surface area contributed by atoms with E-state index in [4.69, 9.17) is 10.5 Å². The fourth-order valence-corrected chi connectivity index (χ4v) is 1.29. The minimum Gasteiger partial charge on any atom is -0.387 e. The Kier molecular flexibility index (Phi) is 6.16. The molecular weight excluding hydrogens is 184 g/mol. The predicted octanol–water partition coefficient (Wildman–Crippen LogP) is 1.52. The summed E-state index contributed by atoms with van der Waals surface area (Å²) in [5, 5.41) is 0. The number of thioether (sulfide) groups is 1. The van der Waals surface area contributed by atoms with Crippen molar-refractivity contribution in [3.05, 3.63) is 0 Å². The van der Waals surface area contributed by atoms with Crippen molar-refractivity contribution >= 4 is 17.6 Å². The number of nitrogens with zero attached hydrogens (tertiary/aromatic N) is 1. The van der Waals surface area contributed by atoms with Crippen LogP contribution in [0, 0.1) is 0 Å². The van der Waals surface area contributed by atoms with E-state index in [2.05, 4.69) is 25.8 Å². The van der Waals surface area contributed by atoms with Gasteiger partial charge in [-0.05, 0) is 0 Å². The molecule has 0 spiro atoms. The molecule has 0 aliphatic carbocycles. The van der Waals surface area contributed by atoms with Gasteiger partial charge in [-0.3, -0.25) is 4.99 Å². The molecule has 0 aromatic heterocycles. The molecule has 0 radical (unpaired) electrons. The van der Waals surface area contributed by atoms with Crippen LogP contribution in [-0.4, -0.2) is 36.6 Å². The molecule has 4 heteroatoms. The van der Waals surface area contributed by atoms with E-state index in [1.165, 1.54) is 0 Å². The largest absolute Gasteiger partial charge is 0.387 e. The Labute approximate surface area is 85.1 Å². The summed E-state index contributed by atoms with van der Waals surface area (Å²) < 4.78 is 5.12. The molecule has 0 bridgehead atoms. The smallest absolute Gasteiger partial charge is 0.104 e. The van der Waals surface area contributed by atoms with Crippen molar-refractivity contribution in [3.63, 3.8) is 0 Å². The second-order valence-corrected chi connectivity index (χ2v) is 5.57. The van der Waals surface area contributed by atoms with Gasteiger partial charge in [0.2, 0.25) is 0 Å². The van der Waals surface area contributed by atoms with Crippen LogP contribution in [0.5, 0.6) is 0 Å². The zero-order valence-corrected chi connectivity index (χ0v) is 9.78. The van der Waals surface area contributed by atoms with E-state index in [0.29, 0.717) is 19.0 Å². The van der Waals surface area contributed by atoms with Crippen LogP contribution < -0.4 is 5.73 Å². The van der Waals surface area contributed by atoms with E-state index in [1.54, 1.807) is 18.9 Å². The molecule has 13 heavy (non-hydrogen) atoms. The van der Waals surface area contributed by atoms with Gasteiger partial charge >= 0.3 is 0 Å². The van der Waals surface area contributed by atoms with Gasteiger partial charge < -0.3 is 10.5 Å². The molecule has 0 saturated carbocycles. The lowest BCUT2D eigenvalue weighted by molar-refractivity contribution is 0.208. The Hall–Kier alpha value is -0.220. The molecule has 0 amide bonds. The van der Waals surface area contributed by atoms with Crippen molar-refractivity contribution in [1.82, 2.24) is 0 Å². The Morgan fingerprint density at radius 3 is 2.54 bits per heavy atom. The van der Waals surface area contributed by atoms with Crippen molar-refractivity contribution in [2.75, 3.05) is 26.0 Å². The van der Waals surface area contributed by atoms with E-state index >= 15 is 0 Å². The molecule has 78 valence electrons. The van der Waals surface area contributed by atoms with Gasteiger partial charge in [-0.2, -0.15) is 0 Å². The summed E-state index contributed by atoms with van der Waals surface area (Å²) in [6.45, 7) is 7.80. The summed E-state index contributed by atoms with van der Waals surface area (Å²) in [4.78, 5) is 4.17. The first-order chi connectivity index (χ1) is 5.95. The molecule has 2 N–H and O–H groups in total. The maximum absolute atomic E-state index is 5.70. The molecular formula is C9H20N2OS. The van der Waals surface area contributed by atoms with Crippen LogP contribution in [0.1, 0.15) is 20.8 Å². The standard InChI is InChI=1S/C9H20N2OS/c1-9(2,3)13-7-8(10)11-5-6-12-4/h5-7H2,1-4H3,(H2,10,11). The number of hydrogen-bond acceptors (Lipinski definition) is 3. The van der Waals surface area contributed by atoms with Crippen molar-refractivity contribution in [2.24, 2.45) is 10.7 Å². The fraction of sp³-hybridized carbons (Fsp3) is 0.889. The average Bonchev–Trinajstić information content (AvgIpc) is 2.00. The lowest BCUT2D eigenvalue weighted by atomic mass is 10.3. The summed E-state index contributed by atoms with van der Waals surface area (Å²) in [6.07, 6.45) is 0. The van der Waals surface area contributed by atoms with Gasteiger partial charge in [-0.15, -0.1) is 11.8 Å². The second kappa shape index (κ2) is 6.27. The predicted molar refractivity (Wildman–Crippen MR) is 60.6 cm³/mol. The first-order valence-corrected chi connectivity index (χ1v) is 5.36. The van der Waals surface area contributed by atoms with Crippen LogP contribution in [-0.2, 0) is 4.74 Å². The van der Waals surface area contributed by atoms with Gasteiger partial charge in [0.05, 0.1) is 18.9 Å². The molecule has 0 heterocycles. The summed E-state index contributed by atoms with van der Waals surface area (Å²) in [7, 11) is 1.66. The van der Waals surface area contributed by atoms with Crippen molar-refractivity contribution < 1.29 is 4.74 Å². The summed E-state index contributed by atoms with van der Waals surface area (Å²) >= 11 is 1.80. The lowest BCUT2D eigenvalue weighted by Gasteiger charge is -2.16. The number of methoxy groups -OCH3 is 1. The number of nitrogens with two attached hydrogens (primary N) is 1. The highest BCUT2D eigenvalue weighted by atomic mass is 32.2. The number of amidine groups is 1. The third-order valence-electron chi connectivity index (χ3n) is 1.26. The molecule has 3 nitrogen and oxygen atoms in total. The van der Waals surface area contributed by atoms with Crippen molar-refractivity contribution in [2.45, 2.75) is 25.5 Å². The number of rotatable bonds is 5. The second-order valence-electron chi connectivity index (χ2n) is 3.77. The van der Waals surface area contributed by atoms with Crippen LogP contribution in [0.3, 0.4) is 0 Å². The summed E-state index contributed by atoms with van der Waals surface area (Å²) in [5.41, 5.74) is 5.70. The van der Waals surface area contributed by atoms with Gasteiger partial charge in [0.15, 0.2) is 0 Å². The fourth-order valence-electron chi connectivity index (χ4n) is 0.617. The lowest BCUT2D eigenvalue weighted by Crippen LogP contribution is -2.20. The van der Waals surface area contributed by atoms with Gasteiger partial charge in [-0.25, -0.2) is 0 Å². The quantitative estimate of drug-likeness (QED) is 0.419. The summed E-state index contributed by atoms with van der Waals surface area (Å²) in [5.74, 6) is 1.50. The van der Waals surface area contributed by atoms with Crippen LogP contribution in [0.15, 0.2) is 4.99 Å². The molecule has 0 atom stereocenters. The molecule has 0 aromatic carbocycles. The number of ether oxygens (including phenoxy) is 1. The van der Waals surface area contributed by atoms with Gasteiger partial charge in [0.25, 0.3) is 0 Å². The SMILES string of the molecule is COCCN=C(N)CSC(C)(C)C. The normalized spacial score (nSPS) is 13.4. The molecule has 0 aliphatic heterocycles. The van der Waals surface area contributed by atoms with Gasteiger partial charge in [0, 0.05) is 11.9 Å². The molecule has 0 unspecified atom stereocenters. The monoisotopic (exact) mass is 204 g/mol. The van der Waals surface area contributed by atoms with Crippen molar-refractivity contribution in [3.8, 4) is 0 Å². The highest BCUT2D eigenvalue weighted by molar-refractivity contribution is 8.01. The Balaban J connectivity index is 3.61. The Bertz CT molecular complexity index is 163. The van der Waals surface area contributed by atoms with Crippen molar-refractivity contribution in [1.29, 1.82) is 0 Å². The zero-order valence-electron chi connectivity index (χ0n) is 8.96. The maximum atomic E-state index is 5.70. The van der Waals surface area contributed by atoms with Gasteiger partial charge in [-0.1, -0.05) is 20.8 Å². The Morgan fingerprint density at radius 1 is 1.46 bits per heavy atom. The average molecular weight is 204 g/mol. The Morgan fingerprint density at radius 2 is 2.08 bits per heavy atom. The van der Waals surface area contributed by atoms with Crippen LogP contribution in [0.25, 0.3) is 0 Å². The molecule has 0 saturated heterocycles. The van der Waals surface area contributed by atoms with Crippen LogP contribution in [0.2, 0.25) is 0 Å². The summed E-state index contributed by atoms with van der Waals surface area (Å²) in [6, 6.07) is 0. The number of aliphatic imine (C=N–C) groups is 1. The first kappa shape index (κ1) is 12.8. The van der Waals surface area contributed by atoms with E-state index < -0.39 is 0 Å². The highest BCUT2D eigenvalue weighted by Crippen LogP contribution is 2.22. The first-order valence-electron chi connectivity index (χ1n) is 4.37. The zero-order chi connectivity index (χ0) is 10.3.